The monoisotopic (exact) mass is 266 g/mol. The Kier molecular flexibility index (Phi) is 4.14. The zero-order valence-electron chi connectivity index (χ0n) is 11.8. The predicted molar refractivity (Wildman–Crippen MR) is 83.2 cm³/mol. The zero-order chi connectivity index (χ0) is 13.8. The van der Waals surface area contributed by atoms with Gasteiger partial charge in [-0.2, -0.15) is 0 Å². The molecule has 0 bridgehead atoms. The van der Waals surface area contributed by atoms with E-state index in [0.717, 1.165) is 19.5 Å². The van der Waals surface area contributed by atoms with Gasteiger partial charge in [0.2, 0.25) is 0 Å². The van der Waals surface area contributed by atoms with Crippen LogP contribution in [0, 0.1) is 0 Å². The molecule has 1 saturated heterocycles. The summed E-state index contributed by atoms with van der Waals surface area (Å²) in [5, 5.41) is 0. The summed E-state index contributed by atoms with van der Waals surface area (Å²) in [6.45, 7) is 2.11. The number of hydrogen-bond donors (Lipinski definition) is 1. The van der Waals surface area contributed by atoms with Crippen LogP contribution in [0.2, 0.25) is 0 Å². The van der Waals surface area contributed by atoms with Crippen molar-refractivity contribution in [2.45, 2.75) is 31.5 Å². The minimum atomic E-state index is 0.231. The normalized spacial score (nSPS) is 23.6. The molecule has 0 aliphatic carbocycles. The molecule has 1 aliphatic heterocycles. The highest BCUT2D eigenvalue weighted by Gasteiger charge is 2.29. The molecule has 1 fully saturated rings. The molecule has 0 unspecified atom stereocenters. The maximum Gasteiger partial charge on any atom is 0.0502 e. The lowest BCUT2D eigenvalue weighted by atomic mass is 9.90. The number of nitrogens with zero attached hydrogens (tertiary/aromatic N) is 1. The van der Waals surface area contributed by atoms with Gasteiger partial charge < -0.3 is 5.73 Å². The van der Waals surface area contributed by atoms with Crippen molar-refractivity contribution in [2.24, 2.45) is 5.73 Å². The van der Waals surface area contributed by atoms with Crippen molar-refractivity contribution in [1.29, 1.82) is 0 Å². The Labute approximate surface area is 121 Å². The van der Waals surface area contributed by atoms with Crippen molar-refractivity contribution in [3.05, 3.63) is 71.8 Å². The van der Waals surface area contributed by atoms with Crippen LogP contribution in [0.1, 0.15) is 30.0 Å². The first-order chi connectivity index (χ1) is 9.84. The Morgan fingerprint density at radius 3 is 2.30 bits per heavy atom. The number of hydrogen-bond acceptors (Lipinski definition) is 2. The van der Waals surface area contributed by atoms with Gasteiger partial charge in [0.05, 0.1) is 6.04 Å². The molecular formula is C18H22N2. The van der Waals surface area contributed by atoms with Crippen molar-refractivity contribution < 1.29 is 0 Å². The van der Waals surface area contributed by atoms with E-state index in [1.54, 1.807) is 0 Å². The molecule has 3 rings (SSSR count). The highest BCUT2D eigenvalue weighted by atomic mass is 15.2. The van der Waals surface area contributed by atoms with Gasteiger partial charge in [-0.05, 0) is 30.5 Å². The van der Waals surface area contributed by atoms with E-state index in [9.17, 15) is 0 Å². The number of piperidine rings is 1. The number of benzene rings is 2. The van der Waals surface area contributed by atoms with Crippen LogP contribution >= 0.6 is 0 Å². The first kappa shape index (κ1) is 13.3. The van der Waals surface area contributed by atoms with Gasteiger partial charge in [-0.1, -0.05) is 60.7 Å². The van der Waals surface area contributed by atoms with E-state index < -0.39 is 0 Å². The van der Waals surface area contributed by atoms with E-state index in [1.807, 2.05) is 0 Å². The molecule has 0 spiro atoms. The second-order valence-corrected chi connectivity index (χ2v) is 5.62. The smallest absolute Gasteiger partial charge is 0.0502 e. The van der Waals surface area contributed by atoms with Crippen LogP contribution in [0.4, 0.5) is 0 Å². The minimum absolute atomic E-state index is 0.231. The fourth-order valence-corrected chi connectivity index (χ4v) is 3.20. The van der Waals surface area contributed by atoms with Crippen molar-refractivity contribution in [1.82, 2.24) is 4.90 Å². The Balaban J connectivity index is 1.83. The van der Waals surface area contributed by atoms with Crippen LogP contribution in [0.3, 0.4) is 0 Å². The second-order valence-electron chi connectivity index (χ2n) is 5.62. The molecule has 20 heavy (non-hydrogen) atoms. The van der Waals surface area contributed by atoms with E-state index in [-0.39, 0.29) is 6.04 Å². The molecule has 2 N–H and O–H groups in total. The molecular weight excluding hydrogens is 244 g/mol. The van der Waals surface area contributed by atoms with Crippen molar-refractivity contribution in [2.75, 3.05) is 6.54 Å². The van der Waals surface area contributed by atoms with Crippen LogP contribution in [-0.4, -0.2) is 17.5 Å². The third kappa shape index (κ3) is 2.92. The summed E-state index contributed by atoms with van der Waals surface area (Å²) in [6.07, 6.45) is 2.31. The summed E-state index contributed by atoms with van der Waals surface area (Å²) in [5.41, 5.74) is 9.12. The first-order valence-electron chi connectivity index (χ1n) is 7.43. The molecule has 0 saturated carbocycles. The summed E-state index contributed by atoms with van der Waals surface area (Å²) in [7, 11) is 0. The largest absolute Gasteiger partial charge is 0.326 e. The van der Waals surface area contributed by atoms with E-state index in [4.69, 9.17) is 5.73 Å². The zero-order valence-corrected chi connectivity index (χ0v) is 11.8. The topological polar surface area (TPSA) is 29.3 Å². The van der Waals surface area contributed by atoms with Crippen LogP contribution in [-0.2, 0) is 6.54 Å². The van der Waals surface area contributed by atoms with Crippen molar-refractivity contribution >= 4 is 0 Å². The van der Waals surface area contributed by atoms with Gasteiger partial charge in [-0.3, -0.25) is 4.90 Å². The van der Waals surface area contributed by atoms with E-state index in [1.165, 1.54) is 17.5 Å². The van der Waals surface area contributed by atoms with Crippen LogP contribution in [0.15, 0.2) is 60.7 Å². The molecule has 2 aromatic rings. The number of nitrogens with two attached hydrogens (primary N) is 1. The maximum absolute atomic E-state index is 6.41. The second kappa shape index (κ2) is 6.21. The summed E-state index contributed by atoms with van der Waals surface area (Å²) in [4.78, 5) is 2.53. The van der Waals surface area contributed by atoms with Gasteiger partial charge in [0, 0.05) is 12.6 Å². The first-order valence-corrected chi connectivity index (χ1v) is 7.43. The SMILES string of the molecule is N[C@@H]1CCCN(Cc2ccccc2)[C@H]1c1ccccc1. The molecule has 2 atom stereocenters. The Morgan fingerprint density at radius 1 is 0.950 bits per heavy atom. The molecule has 1 heterocycles. The van der Waals surface area contributed by atoms with Crippen molar-refractivity contribution in [3.63, 3.8) is 0 Å². The van der Waals surface area contributed by atoms with Gasteiger partial charge in [-0.15, -0.1) is 0 Å². The van der Waals surface area contributed by atoms with Gasteiger partial charge >= 0.3 is 0 Å². The molecule has 0 aromatic heterocycles. The Hall–Kier alpha value is -1.64. The van der Waals surface area contributed by atoms with Crippen LogP contribution in [0.25, 0.3) is 0 Å². The maximum atomic E-state index is 6.41. The molecule has 104 valence electrons. The fraction of sp³-hybridized carbons (Fsp3) is 0.333. The lowest BCUT2D eigenvalue weighted by Crippen LogP contribution is -2.45. The molecule has 0 radical (unpaired) electrons. The molecule has 2 aromatic carbocycles. The average molecular weight is 266 g/mol. The van der Waals surface area contributed by atoms with E-state index in [0.29, 0.717) is 6.04 Å². The molecule has 0 amide bonds. The van der Waals surface area contributed by atoms with Crippen molar-refractivity contribution in [3.8, 4) is 0 Å². The van der Waals surface area contributed by atoms with Gasteiger partial charge in [0.15, 0.2) is 0 Å². The summed E-state index contributed by atoms with van der Waals surface area (Å²) < 4.78 is 0. The van der Waals surface area contributed by atoms with Crippen LogP contribution in [0.5, 0.6) is 0 Å². The van der Waals surface area contributed by atoms with E-state index >= 15 is 0 Å². The summed E-state index contributed by atoms with van der Waals surface area (Å²) in [5.74, 6) is 0. The number of rotatable bonds is 3. The van der Waals surface area contributed by atoms with Gasteiger partial charge in [0.25, 0.3) is 0 Å². The quantitative estimate of drug-likeness (QED) is 0.923. The van der Waals surface area contributed by atoms with E-state index in [2.05, 4.69) is 65.6 Å². The summed E-state index contributed by atoms with van der Waals surface area (Å²) >= 11 is 0. The van der Waals surface area contributed by atoms with Crippen LogP contribution < -0.4 is 5.73 Å². The fourth-order valence-electron chi connectivity index (χ4n) is 3.20. The standard InChI is InChI=1S/C18H22N2/c19-17-12-7-13-20(14-15-8-3-1-4-9-15)18(17)16-10-5-2-6-11-16/h1-6,8-11,17-18H,7,12-14,19H2/t17-,18+/m1/s1. The minimum Gasteiger partial charge on any atom is -0.326 e. The average Bonchev–Trinajstić information content (AvgIpc) is 2.49. The van der Waals surface area contributed by atoms with Gasteiger partial charge in [-0.25, -0.2) is 0 Å². The third-order valence-electron chi connectivity index (χ3n) is 4.15. The Morgan fingerprint density at radius 2 is 1.60 bits per heavy atom. The lowest BCUT2D eigenvalue weighted by molar-refractivity contribution is 0.120. The molecule has 2 nitrogen and oxygen atoms in total. The third-order valence-corrected chi connectivity index (χ3v) is 4.15. The molecule has 1 aliphatic rings. The predicted octanol–water partition coefficient (Wildman–Crippen LogP) is 3.35. The summed E-state index contributed by atoms with van der Waals surface area (Å²) in [6, 6.07) is 21.9. The van der Waals surface area contributed by atoms with Gasteiger partial charge in [0.1, 0.15) is 0 Å². The number of likely N-dealkylation sites (tertiary alicyclic amines) is 1. The molecule has 2 heteroatoms. The Bertz CT molecular complexity index is 524. The highest BCUT2D eigenvalue weighted by Crippen LogP contribution is 2.31. The highest BCUT2D eigenvalue weighted by molar-refractivity contribution is 5.22. The lowest BCUT2D eigenvalue weighted by Gasteiger charge is -2.40.